The minimum Gasteiger partial charge on any atom is -0.478 e. The van der Waals surface area contributed by atoms with Crippen LogP contribution in [-0.4, -0.2) is 43.1 Å². The number of carbonyl (C=O) groups excluding carboxylic acids is 1. The number of aromatic carboxylic acids is 1. The van der Waals surface area contributed by atoms with Crippen molar-refractivity contribution in [1.29, 1.82) is 0 Å². The zero-order chi connectivity index (χ0) is 14.9. The van der Waals surface area contributed by atoms with Crippen molar-refractivity contribution in [3.63, 3.8) is 0 Å². The lowest BCUT2D eigenvalue weighted by molar-refractivity contribution is 0.0691. The Labute approximate surface area is 115 Å². The van der Waals surface area contributed by atoms with Gasteiger partial charge in [0.25, 0.3) is 5.91 Å². The summed E-state index contributed by atoms with van der Waals surface area (Å²) in [5.74, 6) is -1.60. The minimum absolute atomic E-state index is 0.0446. The Hall–Kier alpha value is -2.64. The molecule has 2 aromatic rings. The van der Waals surface area contributed by atoms with Gasteiger partial charge in [-0.2, -0.15) is 10.2 Å². The third kappa shape index (κ3) is 2.27. The summed E-state index contributed by atoms with van der Waals surface area (Å²) in [5.41, 5.74) is 0.542. The summed E-state index contributed by atoms with van der Waals surface area (Å²) >= 11 is 0. The molecule has 0 bridgehead atoms. The molecule has 20 heavy (non-hydrogen) atoms. The van der Waals surface area contributed by atoms with E-state index in [1.807, 2.05) is 6.92 Å². The van der Waals surface area contributed by atoms with E-state index in [1.54, 1.807) is 24.1 Å². The van der Waals surface area contributed by atoms with Crippen LogP contribution in [0, 0.1) is 0 Å². The lowest BCUT2D eigenvalue weighted by atomic mass is 10.2. The molecule has 0 aliphatic heterocycles. The van der Waals surface area contributed by atoms with Crippen LogP contribution in [0.2, 0.25) is 0 Å². The van der Waals surface area contributed by atoms with Crippen LogP contribution in [0.15, 0.2) is 18.6 Å². The number of aryl methyl sites for hydroxylation is 2. The van der Waals surface area contributed by atoms with Crippen LogP contribution in [0.1, 0.15) is 27.8 Å². The van der Waals surface area contributed by atoms with Gasteiger partial charge < -0.3 is 10.0 Å². The van der Waals surface area contributed by atoms with E-state index in [-0.39, 0.29) is 11.3 Å². The SMILES string of the molecule is CCN(C(=O)c1c(C(=O)O)cnn1C)c1cnn(C)c1. The first-order valence-electron chi connectivity index (χ1n) is 6.01. The normalized spacial score (nSPS) is 10.6. The maximum absolute atomic E-state index is 12.6. The number of carboxylic acid groups (broad SMARTS) is 1. The lowest BCUT2D eigenvalue weighted by Crippen LogP contribution is -2.33. The topological polar surface area (TPSA) is 93.2 Å². The monoisotopic (exact) mass is 277 g/mol. The number of hydrogen-bond acceptors (Lipinski definition) is 4. The molecule has 2 heterocycles. The predicted molar refractivity (Wildman–Crippen MR) is 70.7 cm³/mol. The molecule has 0 fully saturated rings. The van der Waals surface area contributed by atoms with Gasteiger partial charge in [-0.05, 0) is 6.92 Å². The van der Waals surface area contributed by atoms with E-state index in [4.69, 9.17) is 5.11 Å². The van der Waals surface area contributed by atoms with Crippen LogP contribution in [0.4, 0.5) is 5.69 Å². The smallest absolute Gasteiger partial charge is 0.339 e. The molecule has 2 aromatic heterocycles. The van der Waals surface area contributed by atoms with Gasteiger partial charge in [0.2, 0.25) is 0 Å². The molecule has 0 aliphatic carbocycles. The van der Waals surface area contributed by atoms with Crippen molar-refractivity contribution in [2.45, 2.75) is 6.92 Å². The zero-order valence-electron chi connectivity index (χ0n) is 11.4. The number of anilines is 1. The Morgan fingerprint density at radius 3 is 2.50 bits per heavy atom. The summed E-state index contributed by atoms with van der Waals surface area (Å²) in [6.45, 7) is 2.20. The average molecular weight is 277 g/mol. The summed E-state index contributed by atoms with van der Waals surface area (Å²) in [4.78, 5) is 25.2. The second kappa shape index (κ2) is 5.16. The van der Waals surface area contributed by atoms with Crippen LogP contribution < -0.4 is 4.90 Å². The Morgan fingerprint density at radius 2 is 2.00 bits per heavy atom. The Bertz CT molecular complexity index is 658. The fourth-order valence-electron chi connectivity index (χ4n) is 1.97. The largest absolute Gasteiger partial charge is 0.478 e. The van der Waals surface area contributed by atoms with Gasteiger partial charge in [0.05, 0.1) is 18.1 Å². The van der Waals surface area contributed by atoms with Crippen LogP contribution in [-0.2, 0) is 14.1 Å². The molecular formula is C12H15N5O3. The molecule has 1 N–H and O–H groups in total. The Morgan fingerprint density at radius 1 is 1.30 bits per heavy atom. The van der Waals surface area contributed by atoms with Gasteiger partial charge in [-0.15, -0.1) is 0 Å². The molecule has 0 saturated heterocycles. The summed E-state index contributed by atoms with van der Waals surface area (Å²) in [7, 11) is 3.28. The minimum atomic E-state index is -1.18. The maximum Gasteiger partial charge on any atom is 0.339 e. The van der Waals surface area contributed by atoms with E-state index in [9.17, 15) is 9.59 Å². The second-order valence-corrected chi connectivity index (χ2v) is 4.26. The number of rotatable bonds is 4. The van der Waals surface area contributed by atoms with E-state index in [0.29, 0.717) is 12.2 Å². The van der Waals surface area contributed by atoms with Crippen molar-refractivity contribution in [2.24, 2.45) is 14.1 Å². The van der Waals surface area contributed by atoms with Crippen molar-refractivity contribution in [3.05, 3.63) is 29.8 Å². The van der Waals surface area contributed by atoms with Gasteiger partial charge in [0.15, 0.2) is 0 Å². The first-order valence-corrected chi connectivity index (χ1v) is 6.01. The standard InChI is InChI=1S/C12H15N5O3/c1-4-17(8-5-13-15(2)7-8)11(18)10-9(12(19)20)6-14-16(10)3/h5-7H,4H2,1-3H3,(H,19,20). The van der Waals surface area contributed by atoms with Gasteiger partial charge in [0, 0.05) is 26.8 Å². The highest BCUT2D eigenvalue weighted by molar-refractivity contribution is 6.10. The van der Waals surface area contributed by atoms with Gasteiger partial charge in [-0.1, -0.05) is 0 Å². The highest BCUT2D eigenvalue weighted by Crippen LogP contribution is 2.18. The van der Waals surface area contributed by atoms with Crippen LogP contribution in [0.5, 0.6) is 0 Å². The molecule has 0 aromatic carbocycles. The molecule has 8 nitrogen and oxygen atoms in total. The number of carboxylic acids is 1. The second-order valence-electron chi connectivity index (χ2n) is 4.26. The molecule has 2 rings (SSSR count). The third-order valence-electron chi connectivity index (χ3n) is 2.94. The number of aromatic nitrogens is 4. The van der Waals surface area contributed by atoms with Gasteiger partial charge in [-0.3, -0.25) is 14.2 Å². The van der Waals surface area contributed by atoms with Crippen LogP contribution in [0.3, 0.4) is 0 Å². The molecule has 0 aliphatic rings. The lowest BCUT2D eigenvalue weighted by Gasteiger charge is -2.19. The molecule has 1 amide bonds. The number of amides is 1. The Balaban J connectivity index is 2.44. The van der Waals surface area contributed by atoms with E-state index >= 15 is 0 Å². The summed E-state index contributed by atoms with van der Waals surface area (Å²) < 4.78 is 2.84. The Kier molecular flexibility index (Phi) is 3.55. The number of hydrogen-bond donors (Lipinski definition) is 1. The van der Waals surface area contributed by atoms with Gasteiger partial charge in [0.1, 0.15) is 11.3 Å². The molecule has 0 spiro atoms. The van der Waals surface area contributed by atoms with Crippen molar-refractivity contribution < 1.29 is 14.7 Å². The maximum atomic E-state index is 12.6. The van der Waals surface area contributed by atoms with Crippen molar-refractivity contribution >= 4 is 17.6 Å². The van der Waals surface area contributed by atoms with E-state index < -0.39 is 11.9 Å². The predicted octanol–water partition coefficient (Wildman–Crippen LogP) is 0.518. The van der Waals surface area contributed by atoms with Crippen molar-refractivity contribution in [2.75, 3.05) is 11.4 Å². The first kappa shape index (κ1) is 13.8. The molecule has 0 unspecified atom stereocenters. The van der Waals surface area contributed by atoms with E-state index in [2.05, 4.69) is 10.2 Å². The highest BCUT2D eigenvalue weighted by Gasteiger charge is 2.26. The van der Waals surface area contributed by atoms with Crippen molar-refractivity contribution in [1.82, 2.24) is 19.6 Å². The fourth-order valence-corrected chi connectivity index (χ4v) is 1.97. The molecular weight excluding hydrogens is 262 g/mol. The quantitative estimate of drug-likeness (QED) is 0.879. The number of carbonyl (C=O) groups is 2. The van der Waals surface area contributed by atoms with Crippen molar-refractivity contribution in [3.8, 4) is 0 Å². The summed E-state index contributed by atoms with van der Waals surface area (Å²) in [5, 5.41) is 17.0. The summed E-state index contributed by atoms with van der Waals surface area (Å²) in [6, 6.07) is 0. The fraction of sp³-hybridized carbons (Fsp3) is 0.333. The van der Waals surface area contributed by atoms with E-state index in [1.165, 1.54) is 22.8 Å². The number of nitrogens with zero attached hydrogens (tertiary/aromatic N) is 5. The zero-order valence-corrected chi connectivity index (χ0v) is 11.4. The van der Waals surface area contributed by atoms with E-state index in [0.717, 1.165) is 0 Å². The van der Waals surface area contributed by atoms with Crippen LogP contribution >= 0.6 is 0 Å². The third-order valence-corrected chi connectivity index (χ3v) is 2.94. The molecule has 106 valence electrons. The van der Waals surface area contributed by atoms with Gasteiger partial charge in [-0.25, -0.2) is 4.79 Å². The average Bonchev–Trinajstić information content (AvgIpc) is 2.96. The molecule has 0 radical (unpaired) electrons. The van der Waals surface area contributed by atoms with Gasteiger partial charge >= 0.3 is 5.97 Å². The molecule has 0 saturated carbocycles. The first-order chi connectivity index (χ1) is 9.45. The highest BCUT2D eigenvalue weighted by atomic mass is 16.4. The summed E-state index contributed by atoms with van der Waals surface area (Å²) in [6.07, 6.45) is 4.42. The van der Waals surface area contributed by atoms with Crippen LogP contribution in [0.25, 0.3) is 0 Å². The molecule has 0 atom stereocenters. The molecule has 8 heteroatoms.